The van der Waals surface area contributed by atoms with Crippen molar-refractivity contribution < 1.29 is 15.3 Å². The van der Waals surface area contributed by atoms with Gasteiger partial charge in [-0.05, 0) is 13.0 Å². The van der Waals surface area contributed by atoms with E-state index >= 15 is 0 Å². The van der Waals surface area contributed by atoms with Crippen molar-refractivity contribution in [3.63, 3.8) is 0 Å². The topological polar surface area (TPSA) is 63.9 Å². The van der Waals surface area contributed by atoms with Crippen molar-refractivity contribution >= 4 is 0 Å². The molecule has 1 aliphatic rings. The molecule has 0 aromatic carbocycles. The lowest BCUT2D eigenvalue weighted by atomic mass is 10.0. The Balaban J connectivity index is 2.02. The lowest BCUT2D eigenvalue weighted by Crippen LogP contribution is -2.55. The Kier molecular flexibility index (Phi) is 7.82. The Bertz CT molecular complexity index is 201. The molecule has 0 aromatic rings. The van der Waals surface area contributed by atoms with Gasteiger partial charge in [-0.3, -0.25) is 4.90 Å². The second kappa shape index (κ2) is 8.86. The third kappa shape index (κ3) is 5.65. The van der Waals surface area contributed by atoms with Gasteiger partial charge in [-0.1, -0.05) is 45.4 Å². The van der Waals surface area contributed by atoms with Crippen LogP contribution in [0.1, 0.15) is 51.9 Å². The van der Waals surface area contributed by atoms with Crippen LogP contribution in [0.25, 0.3) is 0 Å². The molecule has 0 spiro atoms. The lowest BCUT2D eigenvalue weighted by Gasteiger charge is -2.36. The number of nitrogens with zero attached hydrogens (tertiary/aromatic N) is 1. The fourth-order valence-electron chi connectivity index (χ4n) is 2.55. The molecule has 0 amide bonds. The van der Waals surface area contributed by atoms with E-state index in [0.717, 1.165) is 13.0 Å². The first-order valence-electron chi connectivity index (χ1n) is 7.41. The van der Waals surface area contributed by atoms with E-state index in [-0.39, 0.29) is 0 Å². The Labute approximate surface area is 111 Å². The number of piperidine rings is 1. The molecule has 18 heavy (non-hydrogen) atoms. The van der Waals surface area contributed by atoms with Crippen LogP contribution in [-0.4, -0.2) is 58.2 Å². The van der Waals surface area contributed by atoms with Crippen LogP contribution in [0.15, 0.2) is 0 Å². The van der Waals surface area contributed by atoms with Crippen LogP contribution in [0.2, 0.25) is 0 Å². The molecule has 1 aliphatic heterocycles. The highest BCUT2D eigenvalue weighted by Gasteiger charge is 2.32. The molecule has 0 aliphatic carbocycles. The van der Waals surface area contributed by atoms with Gasteiger partial charge >= 0.3 is 0 Å². The summed E-state index contributed by atoms with van der Waals surface area (Å²) in [7, 11) is 0. The molecule has 3 atom stereocenters. The minimum Gasteiger partial charge on any atom is -0.389 e. The van der Waals surface area contributed by atoms with Crippen LogP contribution in [0.4, 0.5) is 0 Å². The van der Waals surface area contributed by atoms with E-state index in [4.69, 9.17) is 0 Å². The second-order valence-electron chi connectivity index (χ2n) is 5.51. The van der Waals surface area contributed by atoms with E-state index in [9.17, 15) is 15.3 Å². The normalized spacial score (nSPS) is 29.7. The zero-order chi connectivity index (χ0) is 13.4. The molecular formula is C14H29NO3. The van der Waals surface area contributed by atoms with E-state index < -0.39 is 18.3 Å². The van der Waals surface area contributed by atoms with Crippen molar-refractivity contribution in [1.29, 1.82) is 0 Å². The van der Waals surface area contributed by atoms with Crippen molar-refractivity contribution in [2.75, 3.05) is 19.6 Å². The third-order valence-corrected chi connectivity index (χ3v) is 3.76. The zero-order valence-electron chi connectivity index (χ0n) is 11.6. The average Bonchev–Trinajstić information content (AvgIpc) is 2.34. The summed E-state index contributed by atoms with van der Waals surface area (Å²) in [6, 6.07) is 0. The minimum absolute atomic E-state index is 0.480. The Morgan fingerprint density at radius 3 is 1.89 bits per heavy atom. The molecule has 0 radical (unpaired) electrons. The van der Waals surface area contributed by atoms with E-state index in [2.05, 4.69) is 6.92 Å². The maximum Gasteiger partial charge on any atom is 0.108 e. The van der Waals surface area contributed by atoms with Crippen molar-refractivity contribution in [3.8, 4) is 0 Å². The summed E-state index contributed by atoms with van der Waals surface area (Å²) in [6.07, 6.45) is 6.29. The van der Waals surface area contributed by atoms with Crippen molar-refractivity contribution in [2.24, 2.45) is 0 Å². The summed E-state index contributed by atoms with van der Waals surface area (Å²) in [4.78, 5) is 2.05. The van der Waals surface area contributed by atoms with Crippen molar-refractivity contribution in [2.45, 2.75) is 70.2 Å². The first-order chi connectivity index (χ1) is 8.65. The molecule has 1 fully saturated rings. The summed E-state index contributed by atoms with van der Waals surface area (Å²) in [6.45, 7) is 4.10. The van der Waals surface area contributed by atoms with Crippen LogP contribution >= 0.6 is 0 Å². The van der Waals surface area contributed by atoms with E-state index in [0.29, 0.717) is 13.1 Å². The highest BCUT2D eigenvalue weighted by atomic mass is 16.4. The van der Waals surface area contributed by atoms with Gasteiger partial charge in [-0.15, -0.1) is 0 Å². The molecule has 0 saturated carbocycles. The van der Waals surface area contributed by atoms with Crippen molar-refractivity contribution in [1.82, 2.24) is 4.90 Å². The molecule has 1 rings (SSSR count). The van der Waals surface area contributed by atoms with Crippen LogP contribution in [0, 0.1) is 0 Å². The average molecular weight is 259 g/mol. The summed E-state index contributed by atoms with van der Waals surface area (Å²) < 4.78 is 0. The predicted molar refractivity (Wildman–Crippen MR) is 72.5 cm³/mol. The fourth-order valence-corrected chi connectivity index (χ4v) is 2.55. The summed E-state index contributed by atoms with van der Waals surface area (Å²) in [5.74, 6) is 0. The molecule has 0 unspecified atom stereocenters. The Morgan fingerprint density at radius 1 is 0.833 bits per heavy atom. The van der Waals surface area contributed by atoms with Gasteiger partial charge in [-0.2, -0.15) is 0 Å². The summed E-state index contributed by atoms with van der Waals surface area (Å²) in [5, 5.41) is 28.6. The number of rotatable bonds is 8. The molecule has 1 saturated heterocycles. The minimum atomic E-state index is -0.977. The molecule has 0 bridgehead atoms. The third-order valence-electron chi connectivity index (χ3n) is 3.76. The zero-order valence-corrected chi connectivity index (χ0v) is 11.6. The van der Waals surface area contributed by atoms with Crippen LogP contribution < -0.4 is 0 Å². The number of likely N-dealkylation sites (tertiary alicyclic amines) is 1. The number of hydrogen-bond donors (Lipinski definition) is 3. The van der Waals surface area contributed by atoms with E-state index in [1.165, 1.54) is 38.5 Å². The highest BCUT2D eigenvalue weighted by molar-refractivity contribution is 4.86. The maximum atomic E-state index is 9.57. The number of aliphatic hydroxyl groups is 3. The first-order valence-corrected chi connectivity index (χ1v) is 7.41. The van der Waals surface area contributed by atoms with Crippen LogP contribution in [0.5, 0.6) is 0 Å². The number of aliphatic hydroxyl groups excluding tert-OH is 3. The molecule has 4 nitrogen and oxygen atoms in total. The highest BCUT2D eigenvalue weighted by Crippen LogP contribution is 2.13. The van der Waals surface area contributed by atoms with Gasteiger partial charge in [0.25, 0.3) is 0 Å². The largest absolute Gasteiger partial charge is 0.389 e. The molecule has 4 heteroatoms. The molecule has 3 N–H and O–H groups in total. The second-order valence-corrected chi connectivity index (χ2v) is 5.51. The first kappa shape index (κ1) is 15.9. The summed E-state index contributed by atoms with van der Waals surface area (Å²) in [5.41, 5.74) is 0. The van der Waals surface area contributed by atoms with Gasteiger partial charge in [0, 0.05) is 13.1 Å². The van der Waals surface area contributed by atoms with E-state index in [1.807, 2.05) is 4.90 Å². The summed E-state index contributed by atoms with van der Waals surface area (Å²) >= 11 is 0. The molecule has 108 valence electrons. The fraction of sp³-hybridized carbons (Fsp3) is 1.00. The molecular weight excluding hydrogens is 230 g/mol. The monoisotopic (exact) mass is 259 g/mol. The SMILES string of the molecule is CCCCCCCCCN1C[C@@H](O)[C@@H](O)[C@@H](O)C1. The number of unbranched alkanes of at least 4 members (excludes halogenated alkanes) is 6. The Hall–Kier alpha value is -0.160. The van der Waals surface area contributed by atoms with Gasteiger partial charge in [0.05, 0.1) is 12.2 Å². The van der Waals surface area contributed by atoms with E-state index in [1.54, 1.807) is 0 Å². The smallest absolute Gasteiger partial charge is 0.108 e. The van der Waals surface area contributed by atoms with Crippen molar-refractivity contribution in [3.05, 3.63) is 0 Å². The standard InChI is InChI=1S/C14H29NO3/c1-2-3-4-5-6-7-8-9-15-10-12(16)14(18)13(17)11-15/h12-14,16-18H,2-11H2,1H3/t12-,13+,14-. The quantitative estimate of drug-likeness (QED) is 0.572. The number of β-amino-alcohol motifs (C(OH)–C–C–N with tert-alkyl or cyclic N) is 2. The van der Waals surface area contributed by atoms with Gasteiger partial charge in [0.15, 0.2) is 0 Å². The van der Waals surface area contributed by atoms with Gasteiger partial charge in [0.1, 0.15) is 6.10 Å². The lowest BCUT2D eigenvalue weighted by molar-refractivity contribution is -0.109. The number of hydrogen-bond acceptors (Lipinski definition) is 4. The van der Waals surface area contributed by atoms with Crippen LogP contribution in [-0.2, 0) is 0 Å². The van der Waals surface area contributed by atoms with Gasteiger partial charge in [-0.25, -0.2) is 0 Å². The van der Waals surface area contributed by atoms with Gasteiger partial charge < -0.3 is 15.3 Å². The molecule has 0 aromatic heterocycles. The Morgan fingerprint density at radius 2 is 1.33 bits per heavy atom. The van der Waals surface area contributed by atoms with Crippen LogP contribution in [0.3, 0.4) is 0 Å². The predicted octanol–water partition coefficient (Wildman–Crippen LogP) is 1.14. The van der Waals surface area contributed by atoms with Gasteiger partial charge in [0.2, 0.25) is 0 Å². The maximum absolute atomic E-state index is 9.57. The molecule has 1 heterocycles.